The first-order valence-corrected chi connectivity index (χ1v) is 9.45. The molecule has 2 aromatic rings. The number of amides is 1. The summed E-state index contributed by atoms with van der Waals surface area (Å²) in [6.07, 6.45) is -0.907. The third-order valence-electron chi connectivity index (χ3n) is 3.31. The number of hydrogen-bond acceptors (Lipinski definition) is 5. The Bertz CT molecular complexity index is 826. The van der Waals surface area contributed by atoms with E-state index in [1.54, 1.807) is 18.2 Å². The predicted octanol–water partition coefficient (Wildman–Crippen LogP) is 4.15. The van der Waals surface area contributed by atoms with E-state index in [0.717, 1.165) is 9.64 Å². The minimum absolute atomic E-state index is 0.0391. The Morgan fingerprint density at radius 1 is 1.22 bits per heavy atom. The average Bonchev–Trinajstić information content (AvgIpc) is 2.60. The van der Waals surface area contributed by atoms with E-state index in [1.165, 1.54) is 13.2 Å². The molecule has 1 unspecified atom stereocenters. The first-order valence-electron chi connectivity index (χ1n) is 7.62. The van der Waals surface area contributed by atoms with Gasteiger partial charge in [0, 0.05) is 10.7 Å². The molecule has 146 valence electrons. The summed E-state index contributed by atoms with van der Waals surface area (Å²) in [5.41, 5.74) is 2.86. The highest BCUT2D eigenvalue weighted by Crippen LogP contribution is 2.31. The molecular formula is C17H16Cl2FIN2O4. The molecule has 0 saturated carbocycles. The van der Waals surface area contributed by atoms with Crippen LogP contribution < -0.4 is 10.8 Å². The molecule has 0 spiro atoms. The molecule has 1 atom stereocenters. The fraction of sp³-hybridized carbons (Fsp3) is 0.235. The summed E-state index contributed by atoms with van der Waals surface area (Å²) in [4.78, 5) is 17.4. The summed E-state index contributed by atoms with van der Waals surface area (Å²) < 4.78 is 19.6. The van der Waals surface area contributed by atoms with Crippen molar-refractivity contribution in [1.82, 2.24) is 5.48 Å². The molecular weight excluding hydrogens is 513 g/mol. The van der Waals surface area contributed by atoms with Crippen molar-refractivity contribution in [2.75, 3.05) is 25.6 Å². The van der Waals surface area contributed by atoms with Crippen molar-refractivity contribution >= 4 is 63.1 Å². The van der Waals surface area contributed by atoms with E-state index < -0.39 is 17.8 Å². The summed E-state index contributed by atoms with van der Waals surface area (Å²) >= 11 is 14.1. The predicted molar refractivity (Wildman–Crippen MR) is 110 cm³/mol. The second kappa shape index (κ2) is 10.4. The van der Waals surface area contributed by atoms with Gasteiger partial charge in [0.25, 0.3) is 5.91 Å². The number of ether oxygens (including phenoxy) is 1. The van der Waals surface area contributed by atoms with Gasteiger partial charge in [0.15, 0.2) is 0 Å². The van der Waals surface area contributed by atoms with Crippen molar-refractivity contribution in [3.8, 4) is 0 Å². The minimum atomic E-state index is -0.907. The van der Waals surface area contributed by atoms with E-state index in [-0.39, 0.29) is 29.5 Å². The Labute approximate surface area is 179 Å². The largest absolute Gasteiger partial charge is 0.388 e. The van der Waals surface area contributed by atoms with Crippen LogP contribution in [0.3, 0.4) is 0 Å². The van der Waals surface area contributed by atoms with Crippen LogP contribution in [0.15, 0.2) is 30.3 Å². The highest BCUT2D eigenvalue weighted by Gasteiger charge is 2.17. The zero-order valence-corrected chi connectivity index (χ0v) is 17.7. The molecule has 3 N–H and O–H groups in total. The van der Waals surface area contributed by atoms with Crippen molar-refractivity contribution in [3.63, 3.8) is 0 Å². The quantitative estimate of drug-likeness (QED) is 0.354. The van der Waals surface area contributed by atoms with E-state index in [0.29, 0.717) is 10.7 Å². The monoisotopic (exact) mass is 528 g/mol. The van der Waals surface area contributed by atoms with Gasteiger partial charge < -0.3 is 15.2 Å². The number of aliphatic hydroxyl groups excluding tert-OH is 1. The molecule has 0 aromatic heterocycles. The van der Waals surface area contributed by atoms with Crippen molar-refractivity contribution in [2.24, 2.45) is 0 Å². The highest BCUT2D eigenvalue weighted by molar-refractivity contribution is 14.1. The van der Waals surface area contributed by atoms with Gasteiger partial charge in [-0.25, -0.2) is 9.87 Å². The smallest absolute Gasteiger partial charge is 0.277 e. The average molecular weight is 529 g/mol. The number of rotatable bonds is 8. The molecule has 0 fully saturated rings. The van der Waals surface area contributed by atoms with Crippen molar-refractivity contribution in [2.45, 2.75) is 6.10 Å². The highest BCUT2D eigenvalue weighted by atomic mass is 127. The maximum absolute atomic E-state index is 13.9. The zero-order chi connectivity index (χ0) is 20.0. The number of benzene rings is 2. The van der Waals surface area contributed by atoms with Crippen molar-refractivity contribution in [1.29, 1.82) is 0 Å². The molecule has 0 heterocycles. The van der Waals surface area contributed by atoms with Gasteiger partial charge in [-0.3, -0.25) is 9.63 Å². The Morgan fingerprint density at radius 2 is 1.96 bits per heavy atom. The summed E-state index contributed by atoms with van der Waals surface area (Å²) in [6, 6.07) is 7.49. The van der Waals surface area contributed by atoms with Crippen LogP contribution >= 0.6 is 45.8 Å². The van der Waals surface area contributed by atoms with Gasteiger partial charge in [-0.2, -0.15) is 0 Å². The van der Waals surface area contributed by atoms with Gasteiger partial charge in [0.1, 0.15) is 18.5 Å². The first-order chi connectivity index (χ1) is 12.8. The second-order valence-electron chi connectivity index (χ2n) is 5.41. The second-order valence-corrected chi connectivity index (χ2v) is 7.47. The maximum Gasteiger partial charge on any atom is 0.277 e. The number of carbonyl (C=O) groups excluding carboxylic acids is 1. The van der Waals surface area contributed by atoms with Crippen LogP contribution in [-0.4, -0.2) is 37.4 Å². The number of halogens is 4. The summed E-state index contributed by atoms with van der Waals surface area (Å²) in [7, 11) is 1.43. The van der Waals surface area contributed by atoms with Gasteiger partial charge in [0.2, 0.25) is 0 Å². The molecule has 1 amide bonds. The van der Waals surface area contributed by atoms with E-state index in [1.807, 2.05) is 0 Å². The molecule has 2 rings (SSSR count). The Morgan fingerprint density at radius 3 is 2.63 bits per heavy atom. The van der Waals surface area contributed by atoms with Crippen LogP contribution in [0, 0.1) is 9.39 Å². The molecule has 10 heteroatoms. The molecule has 27 heavy (non-hydrogen) atoms. The fourth-order valence-corrected chi connectivity index (χ4v) is 3.14. The van der Waals surface area contributed by atoms with Crippen LogP contribution in [0.25, 0.3) is 0 Å². The summed E-state index contributed by atoms with van der Waals surface area (Å²) in [5, 5.41) is 12.6. The Balaban J connectivity index is 2.19. The maximum atomic E-state index is 13.9. The number of anilines is 2. The van der Waals surface area contributed by atoms with Gasteiger partial charge in [-0.15, -0.1) is 0 Å². The molecule has 0 aliphatic carbocycles. The topological polar surface area (TPSA) is 79.8 Å². The van der Waals surface area contributed by atoms with Gasteiger partial charge >= 0.3 is 0 Å². The first kappa shape index (κ1) is 22.1. The molecule has 2 aromatic carbocycles. The minimum Gasteiger partial charge on any atom is -0.388 e. The number of aliphatic hydroxyl groups is 1. The normalized spacial score (nSPS) is 11.9. The number of methoxy groups -OCH3 is 1. The third-order valence-corrected chi connectivity index (χ3v) is 4.58. The lowest BCUT2D eigenvalue weighted by Gasteiger charge is -2.15. The fourth-order valence-electron chi connectivity index (χ4n) is 2.07. The molecule has 0 saturated heterocycles. The molecule has 0 aliphatic rings. The van der Waals surface area contributed by atoms with Gasteiger partial charge in [0.05, 0.1) is 33.6 Å². The van der Waals surface area contributed by atoms with Gasteiger partial charge in [-0.1, -0.05) is 23.2 Å². The Kier molecular flexibility index (Phi) is 8.52. The van der Waals surface area contributed by atoms with Crippen LogP contribution in [0.4, 0.5) is 15.8 Å². The molecule has 0 aliphatic heterocycles. The van der Waals surface area contributed by atoms with Gasteiger partial charge in [-0.05, 0) is 52.9 Å². The van der Waals surface area contributed by atoms with Crippen LogP contribution in [0.5, 0.6) is 0 Å². The number of hydrogen-bond donors (Lipinski definition) is 3. The SMILES string of the molecule is COCC(O)CONC(=O)c1cc(Cl)c(F)cc1Nc1ccc(I)cc1Cl. The van der Waals surface area contributed by atoms with Crippen LogP contribution in [0.2, 0.25) is 10.0 Å². The van der Waals surface area contributed by atoms with E-state index in [4.69, 9.17) is 32.8 Å². The third kappa shape index (κ3) is 6.44. The van der Waals surface area contributed by atoms with E-state index in [9.17, 15) is 14.3 Å². The van der Waals surface area contributed by atoms with E-state index >= 15 is 0 Å². The number of carbonyl (C=O) groups is 1. The van der Waals surface area contributed by atoms with Crippen molar-refractivity contribution in [3.05, 3.63) is 55.3 Å². The summed E-state index contributed by atoms with van der Waals surface area (Å²) in [5.74, 6) is -1.38. The van der Waals surface area contributed by atoms with Crippen LogP contribution in [0.1, 0.15) is 10.4 Å². The summed E-state index contributed by atoms with van der Waals surface area (Å²) in [6.45, 7) is -0.128. The lowest BCUT2D eigenvalue weighted by atomic mass is 10.1. The molecule has 6 nitrogen and oxygen atoms in total. The number of nitrogens with one attached hydrogen (secondary N) is 2. The number of hydroxylamine groups is 1. The lowest BCUT2D eigenvalue weighted by Crippen LogP contribution is -2.30. The lowest BCUT2D eigenvalue weighted by molar-refractivity contribution is -0.0365. The molecule has 0 bridgehead atoms. The van der Waals surface area contributed by atoms with E-state index in [2.05, 4.69) is 33.4 Å². The zero-order valence-electron chi connectivity index (χ0n) is 14.1. The Hall–Kier alpha value is -1.17. The standard InChI is InChI=1S/C17H16Cl2FIN2O4/c1-26-7-10(24)8-27-23-17(25)11-5-12(18)14(20)6-16(11)22-15-3-2-9(21)4-13(15)19/h2-6,10,22,24H,7-8H2,1H3,(H,23,25). The van der Waals surface area contributed by atoms with Crippen molar-refractivity contribution < 1.29 is 23.9 Å². The molecule has 0 radical (unpaired) electrons. The van der Waals surface area contributed by atoms with Crippen LogP contribution in [-0.2, 0) is 9.57 Å².